The average molecular weight is 246 g/mol. The van der Waals surface area contributed by atoms with Crippen molar-refractivity contribution in [3.63, 3.8) is 0 Å². The van der Waals surface area contributed by atoms with Crippen LogP contribution in [-0.4, -0.2) is 18.1 Å². The van der Waals surface area contributed by atoms with E-state index >= 15 is 0 Å². The fourth-order valence-corrected chi connectivity index (χ4v) is 1.57. The second-order valence-electron chi connectivity index (χ2n) is 3.63. The van der Waals surface area contributed by atoms with Crippen LogP contribution in [0.15, 0.2) is 36.4 Å². The lowest BCUT2D eigenvalue weighted by Crippen LogP contribution is -2.02. The van der Waals surface area contributed by atoms with Gasteiger partial charge in [-0.2, -0.15) is 0 Å². The molecule has 0 aliphatic carbocycles. The van der Waals surface area contributed by atoms with Crippen LogP contribution in [0.4, 0.5) is 10.2 Å². The van der Waals surface area contributed by atoms with E-state index in [-0.39, 0.29) is 11.1 Å². The third kappa shape index (κ3) is 2.29. The van der Waals surface area contributed by atoms with Gasteiger partial charge in [-0.05, 0) is 30.3 Å². The molecule has 0 saturated carbocycles. The van der Waals surface area contributed by atoms with Gasteiger partial charge >= 0.3 is 5.97 Å². The zero-order chi connectivity index (χ0) is 13.1. The number of aromatic nitrogens is 1. The molecule has 0 unspecified atom stereocenters. The number of nitrogens with two attached hydrogens (primary N) is 1. The van der Waals surface area contributed by atoms with E-state index in [0.29, 0.717) is 11.5 Å². The van der Waals surface area contributed by atoms with E-state index in [1.54, 1.807) is 18.2 Å². The van der Waals surface area contributed by atoms with Gasteiger partial charge < -0.3 is 10.5 Å². The van der Waals surface area contributed by atoms with Crippen LogP contribution in [0.2, 0.25) is 0 Å². The lowest BCUT2D eigenvalue weighted by Gasteiger charge is -2.05. The molecule has 0 amide bonds. The largest absolute Gasteiger partial charge is 0.465 e. The molecule has 1 aromatic carbocycles. The summed E-state index contributed by atoms with van der Waals surface area (Å²) in [5.41, 5.74) is 6.40. The number of pyridine rings is 1. The molecule has 0 fully saturated rings. The normalized spacial score (nSPS) is 10.1. The van der Waals surface area contributed by atoms with Gasteiger partial charge in [0.2, 0.25) is 0 Å². The number of carbonyl (C=O) groups is 1. The smallest absolute Gasteiger partial charge is 0.337 e. The number of esters is 1. The molecule has 18 heavy (non-hydrogen) atoms. The van der Waals surface area contributed by atoms with E-state index in [2.05, 4.69) is 9.72 Å². The Kier molecular flexibility index (Phi) is 3.23. The minimum atomic E-state index is -0.582. The highest BCUT2D eigenvalue weighted by Crippen LogP contribution is 2.22. The summed E-state index contributed by atoms with van der Waals surface area (Å²) in [4.78, 5) is 15.3. The Hall–Kier alpha value is -2.43. The predicted molar refractivity (Wildman–Crippen MR) is 65.4 cm³/mol. The topological polar surface area (TPSA) is 65.2 Å². The minimum absolute atomic E-state index is 0.155. The Labute approximate surface area is 103 Å². The van der Waals surface area contributed by atoms with E-state index in [1.807, 2.05) is 0 Å². The SMILES string of the molecule is COC(=O)c1ccc(-c2cccc(N)n2)c(F)c1. The average Bonchev–Trinajstić information content (AvgIpc) is 2.37. The summed E-state index contributed by atoms with van der Waals surface area (Å²) in [5.74, 6) is -0.819. The van der Waals surface area contributed by atoms with Crippen molar-refractivity contribution >= 4 is 11.8 Å². The maximum absolute atomic E-state index is 13.9. The summed E-state index contributed by atoms with van der Waals surface area (Å²) >= 11 is 0. The van der Waals surface area contributed by atoms with Gasteiger partial charge in [-0.15, -0.1) is 0 Å². The number of methoxy groups -OCH3 is 1. The summed E-state index contributed by atoms with van der Waals surface area (Å²) in [7, 11) is 1.24. The molecular weight excluding hydrogens is 235 g/mol. The van der Waals surface area contributed by atoms with Crippen LogP contribution < -0.4 is 5.73 Å². The summed E-state index contributed by atoms with van der Waals surface area (Å²) < 4.78 is 18.4. The molecule has 0 atom stereocenters. The van der Waals surface area contributed by atoms with Gasteiger partial charge in [-0.25, -0.2) is 14.2 Å². The Morgan fingerprint density at radius 1 is 1.33 bits per heavy atom. The number of hydrogen-bond donors (Lipinski definition) is 1. The molecule has 1 aromatic heterocycles. The van der Waals surface area contributed by atoms with Gasteiger partial charge in [-0.3, -0.25) is 0 Å². The molecule has 0 aliphatic heterocycles. The molecule has 5 heteroatoms. The highest BCUT2D eigenvalue weighted by Gasteiger charge is 2.11. The first-order valence-electron chi connectivity index (χ1n) is 5.22. The molecule has 92 valence electrons. The van der Waals surface area contributed by atoms with Crippen LogP contribution in [0.3, 0.4) is 0 Å². The molecule has 2 aromatic rings. The standard InChI is InChI=1S/C13H11FN2O2/c1-18-13(17)8-5-6-9(10(14)7-8)11-3-2-4-12(15)16-11/h2-7H,1H3,(H2,15,16). The number of hydrogen-bond acceptors (Lipinski definition) is 4. The van der Waals surface area contributed by atoms with Crippen LogP contribution in [0, 0.1) is 5.82 Å². The number of ether oxygens (including phenoxy) is 1. The zero-order valence-corrected chi connectivity index (χ0v) is 9.68. The van der Waals surface area contributed by atoms with Gasteiger partial charge in [0.1, 0.15) is 11.6 Å². The maximum Gasteiger partial charge on any atom is 0.337 e. The van der Waals surface area contributed by atoms with Crippen LogP contribution >= 0.6 is 0 Å². The molecule has 0 spiro atoms. The van der Waals surface area contributed by atoms with Crippen molar-refractivity contribution in [3.05, 3.63) is 47.8 Å². The van der Waals surface area contributed by atoms with Crippen molar-refractivity contribution in [1.29, 1.82) is 0 Å². The van der Waals surface area contributed by atoms with Crippen LogP contribution in [0.1, 0.15) is 10.4 Å². The summed E-state index contributed by atoms with van der Waals surface area (Å²) in [5, 5.41) is 0. The van der Waals surface area contributed by atoms with Gasteiger partial charge in [0.05, 0.1) is 18.4 Å². The minimum Gasteiger partial charge on any atom is -0.465 e. The molecule has 0 radical (unpaired) electrons. The fraction of sp³-hybridized carbons (Fsp3) is 0.0769. The van der Waals surface area contributed by atoms with Crippen LogP contribution in [0.25, 0.3) is 11.3 Å². The third-order valence-electron chi connectivity index (χ3n) is 2.44. The summed E-state index contributed by atoms with van der Waals surface area (Å²) in [6.07, 6.45) is 0. The second kappa shape index (κ2) is 4.83. The van der Waals surface area contributed by atoms with E-state index in [9.17, 15) is 9.18 Å². The van der Waals surface area contributed by atoms with Gasteiger partial charge in [-0.1, -0.05) is 6.07 Å². The van der Waals surface area contributed by atoms with Gasteiger partial charge in [0.15, 0.2) is 0 Å². The molecule has 0 bridgehead atoms. The molecule has 2 rings (SSSR count). The van der Waals surface area contributed by atoms with Crippen molar-refractivity contribution in [3.8, 4) is 11.3 Å². The highest BCUT2D eigenvalue weighted by molar-refractivity contribution is 5.90. The number of rotatable bonds is 2. The quantitative estimate of drug-likeness (QED) is 0.825. The molecule has 4 nitrogen and oxygen atoms in total. The monoisotopic (exact) mass is 246 g/mol. The van der Waals surface area contributed by atoms with Crippen molar-refractivity contribution in [2.45, 2.75) is 0 Å². The first-order chi connectivity index (χ1) is 8.61. The predicted octanol–water partition coefficient (Wildman–Crippen LogP) is 2.26. The Bertz CT molecular complexity index is 599. The molecule has 2 N–H and O–H groups in total. The first kappa shape index (κ1) is 12.0. The van der Waals surface area contributed by atoms with E-state index in [1.165, 1.54) is 19.2 Å². The van der Waals surface area contributed by atoms with E-state index in [0.717, 1.165) is 6.07 Å². The highest BCUT2D eigenvalue weighted by atomic mass is 19.1. The Morgan fingerprint density at radius 2 is 2.11 bits per heavy atom. The van der Waals surface area contributed by atoms with Crippen molar-refractivity contribution in [1.82, 2.24) is 4.98 Å². The first-order valence-corrected chi connectivity index (χ1v) is 5.22. The van der Waals surface area contributed by atoms with Crippen molar-refractivity contribution in [2.24, 2.45) is 0 Å². The molecular formula is C13H11FN2O2. The molecule has 1 heterocycles. The summed E-state index contributed by atoms with van der Waals surface area (Å²) in [6, 6.07) is 9.02. The van der Waals surface area contributed by atoms with E-state index < -0.39 is 11.8 Å². The number of nitrogens with zero attached hydrogens (tertiary/aromatic N) is 1. The second-order valence-corrected chi connectivity index (χ2v) is 3.63. The molecule has 0 aliphatic rings. The summed E-state index contributed by atoms with van der Waals surface area (Å²) in [6.45, 7) is 0. The van der Waals surface area contributed by atoms with E-state index in [4.69, 9.17) is 5.73 Å². The lowest BCUT2D eigenvalue weighted by molar-refractivity contribution is 0.0600. The fourth-order valence-electron chi connectivity index (χ4n) is 1.57. The van der Waals surface area contributed by atoms with Crippen molar-refractivity contribution in [2.75, 3.05) is 12.8 Å². The van der Waals surface area contributed by atoms with Crippen LogP contribution in [0.5, 0.6) is 0 Å². The number of carbonyl (C=O) groups excluding carboxylic acids is 1. The van der Waals surface area contributed by atoms with Crippen molar-refractivity contribution < 1.29 is 13.9 Å². The Balaban J connectivity index is 2.45. The number of benzene rings is 1. The number of anilines is 1. The zero-order valence-electron chi connectivity index (χ0n) is 9.68. The number of halogens is 1. The van der Waals surface area contributed by atoms with Gasteiger partial charge in [0, 0.05) is 5.56 Å². The van der Waals surface area contributed by atoms with Crippen LogP contribution in [-0.2, 0) is 4.74 Å². The maximum atomic E-state index is 13.9. The number of nitrogen functional groups attached to an aromatic ring is 1. The molecule has 0 saturated heterocycles. The lowest BCUT2D eigenvalue weighted by atomic mass is 10.1. The third-order valence-corrected chi connectivity index (χ3v) is 2.44. The Morgan fingerprint density at radius 3 is 2.72 bits per heavy atom. The van der Waals surface area contributed by atoms with Gasteiger partial charge in [0.25, 0.3) is 0 Å².